The van der Waals surface area contributed by atoms with Gasteiger partial charge in [-0.3, -0.25) is 33.6 Å². The number of amides is 7. The molecule has 0 spiro atoms. The van der Waals surface area contributed by atoms with Crippen molar-refractivity contribution in [2.45, 2.75) is 127 Å². The van der Waals surface area contributed by atoms with E-state index in [1.165, 1.54) is 46.2 Å². The van der Waals surface area contributed by atoms with E-state index in [2.05, 4.69) is 21.3 Å². The Morgan fingerprint density at radius 2 is 1.20 bits per heavy atom. The number of benzene rings is 2. The molecule has 0 radical (unpaired) electrons. The van der Waals surface area contributed by atoms with Crippen LogP contribution in [0.3, 0.4) is 0 Å². The smallest absolute Gasteiger partial charge is 0.326 e. The first-order valence-electron chi connectivity index (χ1n) is 21.8. The van der Waals surface area contributed by atoms with E-state index in [1.807, 2.05) is 6.92 Å². The van der Waals surface area contributed by atoms with Crippen LogP contribution in [0.5, 0.6) is 11.5 Å². The van der Waals surface area contributed by atoms with Crippen LogP contribution in [0.1, 0.15) is 82.8 Å². The monoisotopic (exact) mass is 893 g/mol. The summed E-state index contributed by atoms with van der Waals surface area (Å²) in [7, 11) is 0. The first-order valence-corrected chi connectivity index (χ1v) is 21.8. The number of nitrogens with zero attached hydrogens (tertiary/aromatic N) is 2. The van der Waals surface area contributed by atoms with Crippen molar-refractivity contribution in [3.05, 3.63) is 59.7 Å². The van der Waals surface area contributed by atoms with Crippen molar-refractivity contribution >= 4 is 47.3 Å². The summed E-state index contributed by atoms with van der Waals surface area (Å²) in [5.41, 5.74) is 18.1. The molecule has 64 heavy (non-hydrogen) atoms. The molecular weight excluding hydrogens is 831 g/mol. The van der Waals surface area contributed by atoms with Crippen molar-refractivity contribution in [2.75, 3.05) is 19.6 Å². The summed E-state index contributed by atoms with van der Waals surface area (Å²) in [6.45, 7) is 4.23. The summed E-state index contributed by atoms with van der Waals surface area (Å²) >= 11 is 0. The first-order chi connectivity index (χ1) is 30.4. The van der Waals surface area contributed by atoms with Crippen LogP contribution in [0, 0.1) is 5.92 Å². The Labute approximate surface area is 372 Å². The number of primary amides is 1. The molecule has 0 unspecified atom stereocenters. The molecule has 13 N–H and O–H groups in total. The molecule has 0 aliphatic carbocycles. The molecule has 2 aromatic rings. The summed E-state index contributed by atoms with van der Waals surface area (Å²) in [6.07, 6.45) is 2.41. The van der Waals surface area contributed by atoms with Gasteiger partial charge in [-0.05, 0) is 86.4 Å². The number of unbranched alkanes of at least 4 members (excludes halogenated alkanes) is 1. The van der Waals surface area contributed by atoms with Crippen molar-refractivity contribution in [1.82, 2.24) is 31.1 Å². The predicted molar refractivity (Wildman–Crippen MR) is 233 cm³/mol. The van der Waals surface area contributed by atoms with Crippen molar-refractivity contribution < 1.29 is 53.7 Å². The van der Waals surface area contributed by atoms with Crippen LogP contribution in [-0.4, -0.2) is 134 Å². The van der Waals surface area contributed by atoms with Crippen molar-refractivity contribution in [3.63, 3.8) is 0 Å². The number of likely N-dealkylation sites (tertiary alicyclic amines) is 2. The Hall–Kier alpha value is -6.28. The van der Waals surface area contributed by atoms with Gasteiger partial charge in [0.2, 0.25) is 41.4 Å². The minimum Gasteiger partial charge on any atom is -0.508 e. The molecule has 8 atom stereocenters. The number of phenolic OH excluding ortho intramolecular Hbond substituents is 2. The highest BCUT2D eigenvalue weighted by Gasteiger charge is 2.43. The average molecular weight is 894 g/mol. The molecule has 0 bridgehead atoms. The number of carboxylic acids is 1. The molecule has 350 valence electrons. The number of aromatic hydroxyl groups is 2. The molecule has 4 rings (SSSR count). The number of nitrogens with two attached hydrogens (primary N) is 3. The first kappa shape index (κ1) is 50.4. The van der Waals surface area contributed by atoms with Gasteiger partial charge < -0.3 is 63.6 Å². The number of phenols is 2. The number of nitrogens with one attached hydrogen (secondary N) is 4. The maximum absolute atomic E-state index is 14.4. The Morgan fingerprint density at radius 3 is 1.69 bits per heavy atom. The number of carbonyl (C=O) groups is 8. The number of carboxylic acid groups (broad SMARTS) is 1. The normalized spacial score (nSPS) is 18.8. The third kappa shape index (κ3) is 14.1. The third-order valence-corrected chi connectivity index (χ3v) is 11.8. The lowest BCUT2D eigenvalue weighted by atomic mass is 9.96. The van der Waals surface area contributed by atoms with Crippen LogP contribution in [0.15, 0.2) is 48.5 Å². The lowest BCUT2D eigenvalue weighted by molar-refractivity contribution is -0.145. The number of aliphatic carboxylic acids is 1. The van der Waals surface area contributed by atoms with Crippen LogP contribution in [0.4, 0.5) is 0 Å². The largest absolute Gasteiger partial charge is 0.508 e. The second-order valence-electron chi connectivity index (χ2n) is 16.6. The number of hydrogen-bond donors (Lipinski definition) is 10. The molecule has 7 amide bonds. The Balaban J connectivity index is 1.53. The molecule has 2 aliphatic heterocycles. The quantitative estimate of drug-likeness (QED) is 0.0616. The van der Waals surface area contributed by atoms with Gasteiger partial charge in [-0.25, -0.2) is 4.79 Å². The number of rotatable bonds is 23. The van der Waals surface area contributed by atoms with E-state index in [4.69, 9.17) is 17.2 Å². The molecule has 2 heterocycles. The third-order valence-electron chi connectivity index (χ3n) is 11.8. The highest BCUT2D eigenvalue weighted by Crippen LogP contribution is 2.24. The van der Waals surface area contributed by atoms with Crippen molar-refractivity contribution in [3.8, 4) is 11.5 Å². The molecular formula is C44H63N9O11. The molecule has 2 saturated heterocycles. The molecule has 0 saturated carbocycles. The van der Waals surface area contributed by atoms with Crippen LogP contribution in [0.2, 0.25) is 0 Å². The molecule has 2 aliphatic rings. The Bertz CT molecular complexity index is 1970. The maximum atomic E-state index is 14.4. The van der Waals surface area contributed by atoms with Gasteiger partial charge in [0.25, 0.3) is 0 Å². The fourth-order valence-corrected chi connectivity index (χ4v) is 7.92. The van der Waals surface area contributed by atoms with Crippen LogP contribution >= 0.6 is 0 Å². The van der Waals surface area contributed by atoms with E-state index in [1.54, 1.807) is 19.1 Å². The van der Waals surface area contributed by atoms with Crippen molar-refractivity contribution in [1.29, 1.82) is 0 Å². The lowest BCUT2D eigenvalue weighted by Crippen LogP contribution is -2.61. The maximum Gasteiger partial charge on any atom is 0.326 e. The lowest BCUT2D eigenvalue weighted by Gasteiger charge is -2.33. The fourth-order valence-electron chi connectivity index (χ4n) is 7.92. The summed E-state index contributed by atoms with van der Waals surface area (Å²) < 4.78 is 0. The van der Waals surface area contributed by atoms with E-state index in [9.17, 15) is 53.7 Å². The zero-order chi connectivity index (χ0) is 47.1. The predicted octanol–water partition coefficient (Wildman–Crippen LogP) is -0.733. The van der Waals surface area contributed by atoms with Crippen LogP contribution < -0.4 is 38.5 Å². The molecule has 0 aromatic heterocycles. The Kier molecular flexibility index (Phi) is 18.9. The zero-order valence-electron chi connectivity index (χ0n) is 36.4. The molecule has 2 fully saturated rings. The van der Waals surface area contributed by atoms with Gasteiger partial charge in [-0.2, -0.15) is 0 Å². The number of hydrogen-bond acceptors (Lipinski definition) is 12. The molecule has 2 aromatic carbocycles. The summed E-state index contributed by atoms with van der Waals surface area (Å²) in [5.74, 6) is -6.81. The van der Waals surface area contributed by atoms with Crippen molar-refractivity contribution in [2.24, 2.45) is 23.1 Å². The zero-order valence-corrected chi connectivity index (χ0v) is 36.4. The van der Waals surface area contributed by atoms with E-state index < -0.39 is 102 Å². The van der Waals surface area contributed by atoms with E-state index in [-0.39, 0.29) is 56.7 Å². The minimum absolute atomic E-state index is 0.00406. The summed E-state index contributed by atoms with van der Waals surface area (Å²) in [4.78, 5) is 110. The molecule has 20 nitrogen and oxygen atoms in total. The van der Waals surface area contributed by atoms with Gasteiger partial charge in [0.15, 0.2) is 0 Å². The fraction of sp³-hybridized carbons (Fsp3) is 0.545. The number of carbonyl (C=O) groups excluding carboxylic acids is 7. The second-order valence-corrected chi connectivity index (χ2v) is 16.6. The standard InChI is InChI=1S/C44H63N9O11/c1-3-25(2)37(43(62)53-21-7-10-35(53)41(60)50-33(44(63)64)23-27-13-17-29(55)18-14-27)51-39(58)31(22-26-11-15-28(54)16-12-26)48-40(59)34-9-6-20-52(34)42(61)32(24-36(47)56)49-38(57)30(46)8-4-5-19-45/h11-18,25,30-35,37,54-55H,3-10,19-24,45-46H2,1-2H3,(H2,47,56)(H,48,59)(H,49,57)(H,50,60)(H,51,58)(H,63,64)/t25-,30-,31-,32-,33-,34-,35-,37-/m0/s1. The highest BCUT2D eigenvalue weighted by atomic mass is 16.4. The SMILES string of the molecule is CC[C@H](C)[C@H](NC(=O)[C@H](Cc1ccc(O)cc1)NC(=O)[C@@H]1CCCN1C(=O)[C@H](CC(N)=O)NC(=O)[C@@H](N)CCCCN)C(=O)N1CCC[C@H]1C(=O)N[C@@H](Cc1ccc(O)cc1)C(=O)O. The van der Waals surface area contributed by atoms with E-state index in [0.717, 1.165) is 0 Å². The van der Waals surface area contributed by atoms with Gasteiger partial charge in [0.05, 0.1) is 12.5 Å². The van der Waals surface area contributed by atoms with Gasteiger partial charge >= 0.3 is 5.97 Å². The summed E-state index contributed by atoms with van der Waals surface area (Å²) in [5, 5.41) is 40.1. The Morgan fingerprint density at radius 1 is 0.703 bits per heavy atom. The van der Waals surface area contributed by atoms with E-state index >= 15 is 0 Å². The van der Waals surface area contributed by atoms with Crippen LogP contribution in [-0.2, 0) is 51.2 Å². The average Bonchev–Trinajstić information content (AvgIpc) is 3.97. The molecule has 20 heteroatoms. The minimum atomic E-state index is -1.41. The summed E-state index contributed by atoms with van der Waals surface area (Å²) in [6, 6.07) is 3.42. The topological polar surface area (TPSA) is 330 Å². The van der Waals surface area contributed by atoms with Gasteiger partial charge in [-0.15, -0.1) is 0 Å². The second kappa shape index (κ2) is 24.0. The van der Waals surface area contributed by atoms with Gasteiger partial charge in [0, 0.05) is 25.9 Å². The van der Waals surface area contributed by atoms with Gasteiger partial charge in [-0.1, -0.05) is 51.0 Å². The highest BCUT2D eigenvalue weighted by molar-refractivity contribution is 5.98. The van der Waals surface area contributed by atoms with Crippen LogP contribution in [0.25, 0.3) is 0 Å². The van der Waals surface area contributed by atoms with Gasteiger partial charge in [0.1, 0.15) is 47.8 Å². The van der Waals surface area contributed by atoms with E-state index in [0.29, 0.717) is 49.8 Å².